The molecule has 0 aromatic rings. The molecule has 2 unspecified atom stereocenters. The van der Waals surface area contributed by atoms with Gasteiger partial charge in [0, 0.05) is 0 Å². The van der Waals surface area contributed by atoms with Gasteiger partial charge in [-0.1, -0.05) is 29.5 Å². The average Bonchev–Trinajstić information content (AvgIpc) is 2.50. The first-order chi connectivity index (χ1) is 5.92. The van der Waals surface area contributed by atoms with Crippen molar-refractivity contribution in [3.63, 3.8) is 0 Å². The predicted octanol–water partition coefficient (Wildman–Crippen LogP) is 1.12. The quantitative estimate of drug-likeness (QED) is 0.371. The largest absolute Gasteiger partial charge is 1.00 e. The predicted molar refractivity (Wildman–Crippen MR) is 44.5 cm³/mol. The maximum Gasteiger partial charge on any atom is 1.00 e. The molecule has 0 saturated carbocycles. The molecule has 4 heteroatoms. The minimum absolute atomic E-state index is 0. The number of fused-ring (bicyclic) bond motifs is 1. The maximum atomic E-state index is 6.84. The number of hydrogen-bond acceptors (Lipinski definition) is 3. The van der Waals surface area contributed by atoms with Crippen molar-refractivity contribution in [2.45, 2.75) is 12.1 Å². The molecule has 1 heterocycles. The smallest absolute Gasteiger partial charge is 0.692 e. The molecule has 1 aliphatic heterocycles. The third kappa shape index (κ3) is 1.82. The molecule has 0 radical (unpaired) electrons. The van der Waals surface area contributed by atoms with Crippen LogP contribution in [0.25, 0.3) is 0 Å². The molecular formula is C9H8CuN3. The van der Waals surface area contributed by atoms with Crippen LogP contribution in [0.4, 0.5) is 0 Å². The Balaban J connectivity index is 0.000000845. The summed E-state index contributed by atoms with van der Waals surface area (Å²) in [5.41, 5.74) is 0. The first kappa shape index (κ1) is 10.0. The molecule has 70 valence electrons. The van der Waals surface area contributed by atoms with E-state index in [9.17, 15) is 0 Å². The summed E-state index contributed by atoms with van der Waals surface area (Å²) in [6.07, 6.45) is 14.8. The number of nitrogens with zero attached hydrogens (tertiary/aromatic N) is 3. The van der Waals surface area contributed by atoms with Gasteiger partial charge in [-0.25, -0.2) is 0 Å². The number of hydrogen-bond donors (Lipinski definition) is 0. The number of allylic oxidation sites excluding steroid dienone is 2. The van der Waals surface area contributed by atoms with E-state index in [0.29, 0.717) is 6.54 Å². The zero-order valence-electron chi connectivity index (χ0n) is 6.81. The third-order valence-electron chi connectivity index (χ3n) is 1.96. The van der Waals surface area contributed by atoms with E-state index < -0.39 is 0 Å². The van der Waals surface area contributed by atoms with Crippen molar-refractivity contribution >= 4 is 0 Å². The van der Waals surface area contributed by atoms with Crippen molar-refractivity contribution in [3.8, 4) is 5.92 Å². The van der Waals surface area contributed by atoms with Crippen LogP contribution in [0.2, 0.25) is 0 Å². The van der Waals surface area contributed by atoms with Crippen molar-refractivity contribution in [3.05, 3.63) is 30.7 Å². The van der Waals surface area contributed by atoms with Gasteiger partial charge in [-0.2, -0.15) is 5.11 Å². The molecule has 0 bridgehead atoms. The van der Waals surface area contributed by atoms with E-state index in [0.717, 1.165) is 0 Å². The number of rotatable bonds is 1. The Kier molecular flexibility index (Phi) is 3.30. The summed E-state index contributed by atoms with van der Waals surface area (Å²) in [5, 5.41) is 9.75. The molecule has 0 aromatic heterocycles. The average molecular weight is 222 g/mol. The molecule has 13 heavy (non-hydrogen) atoms. The molecule has 0 aromatic carbocycles. The minimum atomic E-state index is 0. The van der Waals surface area contributed by atoms with Gasteiger partial charge in [0.05, 0.1) is 12.6 Å². The summed E-state index contributed by atoms with van der Waals surface area (Å²) in [7, 11) is 0. The third-order valence-corrected chi connectivity index (χ3v) is 1.96. The SMILES string of the molecule is [C-]#CCN1N=NC2C=CC=CC21.[Cu+]. The Morgan fingerprint density at radius 2 is 2.15 bits per heavy atom. The van der Waals surface area contributed by atoms with Crippen molar-refractivity contribution in [2.24, 2.45) is 10.3 Å². The van der Waals surface area contributed by atoms with Gasteiger partial charge < -0.3 is 12.3 Å². The first-order valence-corrected chi connectivity index (χ1v) is 3.84. The summed E-state index contributed by atoms with van der Waals surface area (Å²) >= 11 is 0. The van der Waals surface area contributed by atoms with Gasteiger partial charge in [0.1, 0.15) is 6.04 Å². The van der Waals surface area contributed by atoms with Crippen molar-refractivity contribution in [2.75, 3.05) is 6.54 Å². The Hall–Kier alpha value is -1.04. The second-order valence-corrected chi connectivity index (χ2v) is 2.73. The second kappa shape index (κ2) is 4.27. The van der Waals surface area contributed by atoms with E-state index in [4.69, 9.17) is 6.42 Å². The van der Waals surface area contributed by atoms with Crippen LogP contribution in [0.1, 0.15) is 0 Å². The van der Waals surface area contributed by atoms with Gasteiger partial charge in [-0.15, -0.1) is 0 Å². The van der Waals surface area contributed by atoms with Crippen LogP contribution in [0.15, 0.2) is 34.6 Å². The molecule has 0 fully saturated rings. The van der Waals surface area contributed by atoms with Crippen LogP contribution in [0.5, 0.6) is 0 Å². The van der Waals surface area contributed by atoms with Gasteiger partial charge in [-0.05, 0) is 0 Å². The molecule has 3 nitrogen and oxygen atoms in total. The van der Waals surface area contributed by atoms with Gasteiger partial charge in [0.2, 0.25) is 0 Å². The minimum Gasteiger partial charge on any atom is -0.692 e. The summed E-state index contributed by atoms with van der Waals surface area (Å²) in [6, 6.07) is 0.344. The van der Waals surface area contributed by atoms with Crippen LogP contribution in [0.3, 0.4) is 0 Å². The molecule has 1 aliphatic carbocycles. The first-order valence-electron chi connectivity index (χ1n) is 3.84. The zero-order chi connectivity index (χ0) is 8.39. The molecule has 0 amide bonds. The topological polar surface area (TPSA) is 28.0 Å². The molecule has 2 rings (SSSR count). The fraction of sp³-hybridized carbons (Fsp3) is 0.333. The molecule has 0 N–H and O–H groups in total. The standard InChI is InChI=1S/C9H8N3.Cu/c1-2-7-12-9-6-4-3-5-8(9)10-11-12;/h3-6,8-9H,7H2;/q-1;+1. The van der Waals surface area contributed by atoms with E-state index in [2.05, 4.69) is 16.3 Å². The maximum absolute atomic E-state index is 6.84. The van der Waals surface area contributed by atoms with Gasteiger partial charge >= 0.3 is 17.1 Å². The van der Waals surface area contributed by atoms with Gasteiger partial charge in [0.25, 0.3) is 0 Å². The van der Waals surface area contributed by atoms with E-state index in [-0.39, 0.29) is 29.2 Å². The van der Waals surface area contributed by atoms with E-state index in [1.807, 2.05) is 24.3 Å². The van der Waals surface area contributed by atoms with E-state index in [1.165, 1.54) is 0 Å². The van der Waals surface area contributed by atoms with E-state index >= 15 is 0 Å². The summed E-state index contributed by atoms with van der Waals surface area (Å²) in [4.78, 5) is 0. The van der Waals surface area contributed by atoms with E-state index in [1.54, 1.807) is 5.01 Å². The molecule has 0 saturated heterocycles. The van der Waals surface area contributed by atoms with Crippen LogP contribution in [-0.2, 0) is 17.1 Å². The zero-order valence-corrected chi connectivity index (χ0v) is 7.76. The Morgan fingerprint density at radius 3 is 2.92 bits per heavy atom. The summed E-state index contributed by atoms with van der Waals surface area (Å²) in [6.45, 7) is 0.419. The van der Waals surface area contributed by atoms with Crippen molar-refractivity contribution < 1.29 is 17.1 Å². The van der Waals surface area contributed by atoms with Crippen LogP contribution in [-0.4, -0.2) is 23.6 Å². The molecular weight excluding hydrogens is 214 g/mol. The normalized spacial score (nSPS) is 28.1. The fourth-order valence-corrected chi connectivity index (χ4v) is 1.37. The Morgan fingerprint density at radius 1 is 1.38 bits per heavy atom. The fourth-order valence-electron chi connectivity index (χ4n) is 1.37. The Labute approximate surface area is 88.0 Å². The van der Waals surface area contributed by atoms with Crippen LogP contribution < -0.4 is 0 Å². The van der Waals surface area contributed by atoms with Crippen LogP contribution >= 0.6 is 0 Å². The molecule has 0 spiro atoms. The second-order valence-electron chi connectivity index (χ2n) is 2.73. The molecule has 2 atom stereocenters. The van der Waals surface area contributed by atoms with Crippen LogP contribution in [0, 0.1) is 12.3 Å². The Bertz CT molecular complexity index is 300. The van der Waals surface area contributed by atoms with Gasteiger partial charge in [-0.3, -0.25) is 5.01 Å². The summed E-state index contributed by atoms with van der Waals surface area (Å²) in [5.74, 6) is 2.31. The summed E-state index contributed by atoms with van der Waals surface area (Å²) < 4.78 is 0. The van der Waals surface area contributed by atoms with Crippen molar-refractivity contribution in [1.29, 1.82) is 0 Å². The van der Waals surface area contributed by atoms with Gasteiger partial charge in [0.15, 0.2) is 0 Å². The molecule has 2 aliphatic rings. The monoisotopic (exact) mass is 221 g/mol. The van der Waals surface area contributed by atoms with Crippen molar-refractivity contribution in [1.82, 2.24) is 5.01 Å².